The monoisotopic (exact) mass is 205 g/mol. The molecular formula is C10H14F3N. The van der Waals surface area contributed by atoms with E-state index in [0.717, 1.165) is 11.6 Å². The number of halogens is 3. The Hall–Kier alpha value is -1.19. The van der Waals surface area contributed by atoms with Crippen LogP contribution in [0.25, 0.3) is 0 Å². The van der Waals surface area contributed by atoms with E-state index in [9.17, 15) is 13.2 Å². The molecule has 2 N–H and O–H groups in total. The number of allylic oxidation sites excluding steroid dienone is 5. The summed E-state index contributed by atoms with van der Waals surface area (Å²) in [7, 11) is 0. The van der Waals surface area contributed by atoms with E-state index in [2.05, 4.69) is 6.58 Å². The van der Waals surface area contributed by atoms with Crippen LogP contribution in [0.4, 0.5) is 13.2 Å². The van der Waals surface area contributed by atoms with Gasteiger partial charge in [0.25, 0.3) is 0 Å². The van der Waals surface area contributed by atoms with Gasteiger partial charge in [0, 0.05) is 0 Å². The first-order valence-electron chi connectivity index (χ1n) is 4.15. The van der Waals surface area contributed by atoms with Gasteiger partial charge in [-0.15, -0.1) is 0 Å². The van der Waals surface area contributed by atoms with Gasteiger partial charge in [0.2, 0.25) is 0 Å². The van der Waals surface area contributed by atoms with Crippen LogP contribution < -0.4 is 5.73 Å². The van der Waals surface area contributed by atoms with E-state index in [1.54, 1.807) is 0 Å². The molecule has 0 radical (unpaired) electrons. The lowest BCUT2D eigenvalue weighted by molar-refractivity contribution is -0.0926. The molecule has 0 rings (SSSR count). The zero-order valence-corrected chi connectivity index (χ0v) is 8.23. The van der Waals surface area contributed by atoms with Crippen LogP contribution in [-0.2, 0) is 0 Å². The van der Waals surface area contributed by atoms with Crippen molar-refractivity contribution in [2.45, 2.75) is 20.0 Å². The molecule has 0 aromatic carbocycles. The molecule has 0 amide bonds. The van der Waals surface area contributed by atoms with Gasteiger partial charge >= 0.3 is 6.18 Å². The molecule has 0 heterocycles. The van der Waals surface area contributed by atoms with E-state index in [0.29, 0.717) is 0 Å². The van der Waals surface area contributed by atoms with Crippen molar-refractivity contribution in [3.8, 4) is 0 Å². The number of nitrogens with two attached hydrogens (primary N) is 1. The maximum Gasteiger partial charge on any atom is 0.430 e. The molecule has 0 aromatic rings. The third kappa shape index (κ3) is 4.74. The molecule has 0 atom stereocenters. The molecule has 0 fully saturated rings. The second-order valence-corrected chi connectivity index (χ2v) is 3.21. The largest absolute Gasteiger partial charge is 0.430 e. The third-order valence-corrected chi connectivity index (χ3v) is 1.65. The fraction of sp³-hybridized carbons (Fsp3) is 0.400. The molecule has 1 nitrogen and oxygen atoms in total. The normalized spacial score (nSPS) is 14.0. The number of hydrogen-bond acceptors (Lipinski definition) is 1. The Morgan fingerprint density at radius 2 is 1.86 bits per heavy atom. The summed E-state index contributed by atoms with van der Waals surface area (Å²) in [6.07, 6.45) is -0.856. The van der Waals surface area contributed by atoms with E-state index in [1.165, 1.54) is 12.2 Å². The molecule has 14 heavy (non-hydrogen) atoms. The average molecular weight is 205 g/mol. The smallest absolute Gasteiger partial charge is 0.395 e. The predicted molar refractivity (Wildman–Crippen MR) is 51.4 cm³/mol. The van der Waals surface area contributed by atoms with Crippen LogP contribution in [0.1, 0.15) is 13.8 Å². The lowest BCUT2D eigenvalue weighted by Crippen LogP contribution is -2.18. The van der Waals surface area contributed by atoms with E-state index >= 15 is 0 Å². The molecule has 0 saturated carbocycles. The molecule has 0 aliphatic rings. The van der Waals surface area contributed by atoms with Gasteiger partial charge in [0.05, 0.1) is 0 Å². The SMILES string of the molecule is C=C(/C=C\C=C(/N)C(F)(F)F)C(C)C. The molecule has 0 bridgehead atoms. The van der Waals surface area contributed by atoms with E-state index in [-0.39, 0.29) is 5.92 Å². The zero-order chi connectivity index (χ0) is 11.4. The molecule has 0 aliphatic carbocycles. The third-order valence-electron chi connectivity index (χ3n) is 1.65. The molecule has 80 valence electrons. The summed E-state index contributed by atoms with van der Waals surface area (Å²) in [5.41, 5.74) is 4.42. The Bertz CT molecular complexity index is 259. The van der Waals surface area contributed by atoms with Crippen LogP contribution in [0, 0.1) is 5.92 Å². The standard InChI is InChI=1S/C10H14F3N/c1-7(2)8(3)5-4-6-9(14)10(11,12)13/h4-7H,3,14H2,1-2H3/b5-4-,9-6-. The summed E-state index contributed by atoms with van der Waals surface area (Å²) in [5.74, 6) is 0.215. The molecule has 0 aliphatic heterocycles. The Morgan fingerprint density at radius 3 is 2.21 bits per heavy atom. The fourth-order valence-electron chi connectivity index (χ4n) is 0.562. The molecule has 4 heteroatoms. The minimum Gasteiger partial charge on any atom is -0.395 e. The Labute approximate surface area is 81.8 Å². The van der Waals surface area contributed by atoms with Crippen LogP contribution in [0.3, 0.4) is 0 Å². The lowest BCUT2D eigenvalue weighted by atomic mass is 10.1. The molecule has 0 unspecified atom stereocenters. The molecule has 0 aromatic heterocycles. The van der Waals surface area contributed by atoms with Crippen molar-refractivity contribution in [2.24, 2.45) is 11.7 Å². The van der Waals surface area contributed by atoms with E-state index in [1.807, 2.05) is 13.8 Å². The van der Waals surface area contributed by atoms with Gasteiger partial charge in [-0.05, 0) is 12.0 Å². The summed E-state index contributed by atoms with van der Waals surface area (Å²) >= 11 is 0. The summed E-state index contributed by atoms with van der Waals surface area (Å²) in [5, 5.41) is 0. The van der Waals surface area contributed by atoms with Crippen LogP contribution >= 0.6 is 0 Å². The Kier molecular flexibility index (Phi) is 4.47. The van der Waals surface area contributed by atoms with Gasteiger partial charge in [0.15, 0.2) is 0 Å². The summed E-state index contributed by atoms with van der Waals surface area (Å²) in [6, 6.07) is 0. The van der Waals surface area contributed by atoms with Crippen molar-refractivity contribution in [1.82, 2.24) is 0 Å². The van der Waals surface area contributed by atoms with Crippen LogP contribution in [0.2, 0.25) is 0 Å². The average Bonchev–Trinajstić information content (AvgIpc) is 2.01. The topological polar surface area (TPSA) is 26.0 Å². The second kappa shape index (κ2) is 4.88. The Morgan fingerprint density at radius 1 is 1.36 bits per heavy atom. The number of alkyl halides is 3. The maximum absolute atomic E-state index is 11.9. The van der Waals surface area contributed by atoms with Gasteiger partial charge in [-0.25, -0.2) is 0 Å². The van der Waals surface area contributed by atoms with Crippen molar-refractivity contribution in [3.63, 3.8) is 0 Å². The van der Waals surface area contributed by atoms with Gasteiger partial charge in [-0.3, -0.25) is 0 Å². The fourth-order valence-corrected chi connectivity index (χ4v) is 0.562. The van der Waals surface area contributed by atoms with Crippen LogP contribution in [-0.4, -0.2) is 6.18 Å². The molecule has 0 saturated heterocycles. The van der Waals surface area contributed by atoms with Gasteiger partial charge in [-0.1, -0.05) is 38.2 Å². The highest BCUT2D eigenvalue weighted by Gasteiger charge is 2.30. The summed E-state index contributed by atoms with van der Waals surface area (Å²) < 4.78 is 35.6. The van der Waals surface area contributed by atoms with Gasteiger partial charge < -0.3 is 5.73 Å². The maximum atomic E-state index is 11.9. The second-order valence-electron chi connectivity index (χ2n) is 3.21. The number of rotatable bonds is 3. The van der Waals surface area contributed by atoms with Gasteiger partial charge in [-0.2, -0.15) is 13.2 Å². The Balaban J connectivity index is 4.37. The highest BCUT2D eigenvalue weighted by atomic mass is 19.4. The van der Waals surface area contributed by atoms with Crippen molar-refractivity contribution >= 4 is 0 Å². The van der Waals surface area contributed by atoms with E-state index < -0.39 is 11.9 Å². The molecule has 0 spiro atoms. The lowest BCUT2D eigenvalue weighted by Gasteiger charge is -2.04. The van der Waals surface area contributed by atoms with Crippen molar-refractivity contribution in [2.75, 3.05) is 0 Å². The zero-order valence-electron chi connectivity index (χ0n) is 8.23. The summed E-state index contributed by atoms with van der Waals surface area (Å²) in [6.45, 7) is 7.49. The predicted octanol–water partition coefficient (Wildman–Crippen LogP) is 3.16. The van der Waals surface area contributed by atoms with Crippen molar-refractivity contribution in [3.05, 3.63) is 36.1 Å². The minimum atomic E-state index is -4.45. The van der Waals surface area contributed by atoms with Gasteiger partial charge in [0.1, 0.15) is 5.70 Å². The van der Waals surface area contributed by atoms with Crippen molar-refractivity contribution < 1.29 is 13.2 Å². The van der Waals surface area contributed by atoms with Crippen LogP contribution in [0.5, 0.6) is 0 Å². The minimum absolute atomic E-state index is 0.215. The first-order chi connectivity index (χ1) is 6.25. The highest BCUT2D eigenvalue weighted by Crippen LogP contribution is 2.21. The molecular weight excluding hydrogens is 191 g/mol. The van der Waals surface area contributed by atoms with Crippen molar-refractivity contribution in [1.29, 1.82) is 0 Å². The first-order valence-corrected chi connectivity index (χ1v) is 4.15. The highest BCUT2D eigenvalue weighted by molar-refractivity contribution is 5.23. The first kappa shape index (κ1) is 12.8. The van der Waals surface area contributed by atoms with Crippen LogP contribution in [0.15, 0.2) is 36.1 Å². The van der Waals surface area contributed by atoms with E-state index in [4.69, 9.17) is 5.73 Å². The summed E-state index contributed by atoms with van der Waals surface area (Å²) in [4.78, 5) is 0. The quantitative estimate of drug-likeness (QED) is 0.703. The number of hydrogen-bond donors (Lipinski definition) is 1.